The number of aromatic nitrogens is 2. The van der Waals surface area contributed by atoms with Crippen molar-refractivity contribution >= 4 is 23.2 Å². The lowest BCUT2D eigenvalue weighted by atomic mass is 10.2. The van der Waals surface area contributed by atoms with E-state index in [4.69, 9.17) is 10.00 Å². The molecule has 0 saturated heterocycles. The molecular formula is C19H15N5O2. The van der Waals surface area contributed by atoms with Gasteiger partial charge in [0.15, 0.2) is 0 Å². The summed E-state index contributed by atoms with van der Waals surface area (Å²) in [6, 6.07) is 16.1. The Labute approximate surface area is 150 Å². The van der Waals surface area contributed by atoms with E-state index in [1.54, 1.807) is 55.6 Å². The van der Waals surface area contributed by atoms with Gasteiger partial charge in [0.05, 0.1) is 24.3 Å². The molecule has 3 rings (SSSR count). The van der Waals surface area contributed by atoms with Gasteiger partial charge < -0.3 is 15.4 Å². The van der Waals surface area contributed by atoms with Crippen LogP contribution < -0.4 is 15.4 Å². The van der Waals surface area contributed by atoms with Crippen LogP contribution in [-0.2, 0) is 0 Å². The molecule has 3 aromatic rings. The molecule has 0 unspecified atom stereocenters. The molecule has 0 bridgehead atoms. The second-order valence-corrected chi connectivity index (χ2v) is 5.30. The molecule has 7 nitrogen and oxygen atoms in total. The third-order valence-corrected chi connectivity index (χ3v) is 3.49. The number of methoxy groups -OCH3 is 1. The zero-order valence-electron chi connectivity index (χ0n) is 13.9. The van der Waals surface area contributed by atoms with E-state index in [0.717, 1.165) is 0 Å². The number of rotatable bonds is 5. The molecule has 2 aromatic carbocycles. The molecule has 1 aromatic heterocycles. The Morgan fingerprint density at radius 2 is 1.81 bits per heavy atom. The number of carbonyl (C=O) groups excluding carboxylic acids is 1. The van der Waals surface area contributed by atoms with Gasteiger partial charge in [-0.15, -0.1) is 0 Å². The lowest BCUT2D eigenvalue weighted by molar-refractivity contribution is 0.102. The molecule has 7 heteroatoms. The minimum Gasteiger partial charge on any atom is -0.497 e. The van der Waals surface area contributed by atoms with Gasteiger partial charge in [0.2, 0.25) is 5.95 Å². The quantitative estimate of drug-likeness (QED) is 0.735. The summed E-state index contributed by atoms with van der Waals surface area (Å²) < 4.78 is 5.13. The Hall–Kier alpha value is -3.92. The van der Waals surface area contributed by atoms with Gasteiger partial charge >= 0.3 is 0 Å². The first-order chi connectivity index (χ1) is 12.7. The molecular weight excluding hydrogens is 330 g/mol. The van der Waals surface area contributed by atoms with Crippen molar-refractivity contribution in [1.29, 1.82) is 5.26 Å². The van der Waals surface area contributed by atoms with Crippen LogP contribution in [0.3, 0.4) is 0 Å². The van der Waals surface area contributed by atoms with Crippen molar-refractivity contribution in [3.05, 3.63) is 72.1 Å². The number of benzene rings is 2. The van der Waals surface area contributed by atoms with E-state index in [-0.39, 0.29) is 5.91 Å². The summed E-state index contributed by atoms with van der Waals surface area (Å²) in [5.41, 5.74) is 2.16. The smallest absolute Gasteiger partial charge is 0.258 e. The highest BCUT2D eigenvalue weighted by Gasteiger charge is 2.08. The molecule has 0 aliphatic heterocycles. The Balaban J connectivity index is 1.68. The number of nitrogens with one attached hydrogen (secondary N) is 2. The second kappa shape index (κ2) is 7.77. The number of amides is 1. The van der Waals surface area contributed by atoms with Gasteiger partial charge in [-0.2, -0.15) is 5.26 Å². The van der Waals surface area contributed by atoms with Crippen LogP contribution in [0.4, 0.5) is 17.3 Å². The minimum absolute atomic E-state index is 0.323. The molecule has 0 aliphatic carbocycles. The molecule has 0 radical (unpaired) electrons. The minimum atomic E-state index is -0.323. The molecule has 1 amide bonds. The van der Waals surface area contributed by atoms with Gasteiger partial charge in [0.25, 0.3) is 5.91 Å². The SMILES string of the molecule is COc1cccc(NC(=O)c2cnc(Nc3cccc(C#N)c3)nc2)c1. The summed E-state index contributed by atoms with van der Waals surface area (Å²) in [6.45, 7) is 0. The van der Waals surface area contributed by atoms with Crippen molar-refractivity contribution in [2.24, 2.45) is 0 Å². The summed E-state index contributed by atoms with van der Waals surface area (Å²) in [6.07, 6.45) is 2.86. The van der Waals surface area contributed by atoms with Gasteiger partial charge in [0.1, 0.15) is 5.75 Å². The van der Waals surface area contributed by atoms with Crippen LogP contribution in [0.5, 0.6) is 5.75 Å². The van der Waals surface area contributed by atoms with Crippen molar-refractivity contribution < 1.29 is 9.53 Å². The molecule has 1 heterocycles. The van der Waals surface area contributed by atoms with Gasteiger partial charge in [-0.1, -0.05) is 12.1 Å². The van der Waals surface area contributed by atoms with Crippen molar-refractivity contribution in [3.8, 4) is 11.8 Å². The molecule has 0 fully saturated rings. The van der Waals surface area contributed by atoms with Crippen molar-refractivity contribution in [3.63, 3.8) is 0 Å². The van der Waals surface area contributed by atoms with E-state index in [1.807, 2.05) is 0 Å². The number of anilines is 3. The highest BCUT2D eigenvalue weighted by molar-refractivity contribution is 6.04. The van der Waals surface area contributed by atoms with Crippen LogP contribution in [0.25, 0.3) is 0 Å². The molecule has 2 N–H and O–H groups in total. The van der Waals surface area contributed by atoms with E-state index in [9.17, 15) is 4.79 Å². The molecule has 0 atom stereocenters. The molecule has 128 valence electrons. The summed E-state index contributed by atoms with van der Waals surface area (Å²) in [5, 5.41) is 14.7. The number of hydrogen-bond donors (Lipinski definition) is 2. The van der Waals surface area contributed by atoms with E-state index < -0.39 is 0 Å². The van der Waals surface area contributed by atoms with Gasteiger partial charge in [-0.3, -0.25) is 4.79 Å². The van der Waals surface area contributed by atoms with Crippen molar-refractivity contribution in [2.75, 3.05) is 17.7 Å². The fourth-order valence-electron chi connectivity index (χ4n) is 2.21. The standard InChI is InChI=1S/C19H15N5O2/c1-26-17-7-3-6-16(9-17)23-18(25)14-11-21-19(22-12-14)24-15-5-2-4-13(8-15)10-20/h2-9,11-12H,1H3,(H,23,25)(H,21,22,24). The fourth-order valence-corrected chi connectivity index (χ4v) is 2.21. The maximum absolute atomic E-state index is 12.3. The fraction of sp³-hybridized carbons (Fsp3) is 0.0526. The van der Waals surface area contributed by atoms with Crippen molar-refractivity contribution in [1.82, 2.24) is 9.97 Å². The predicted octanol–water partition coefficient (Wildman–Crippen LogP) is 3.35. The average Bonchev–Trinajstić information content (AvgIpc) is 2.69. The van der Waals surface area contributed by atoms with Gasteiger partial charge in [0, 0.05) is 29.8 Å². The largest absolute Gasteiger partial charge is 0.497 e. The van der Waals surface area contributed by atoms with E-state index in [0.29, 0.717) is 34.2 Å². The first-order valence-electron chi connectivity index (χ1n) is 7.72. The number of carbonyl (C=O) groups is 1. The lowest BCUT2D eigenvalue weighted by Gasteiger charge is -2.08. The second-order valence-electron chi connectivity index (χ2n) is 5.30. The summed E-state index contributed by atoms with van der Waals surface area (Å²) >= 11 is 0. The maximum atomic E-state index is 12.3. The van der Waals surface area contributed by atoms with Crippen molar-refractivity contribution in [2.45, 2.75) is 0 Å². The lowest BCUT2D eigenvalue weighted by Crippen LogP contribution is -2.13. The Morgan fingerprint density at radius 1 is 1.08 bits per heavy atom. The predicted molar refractivity (Wildman–Crippen MR) is 97.4 cm³/mol. The highest BCUT2D eigenvalue weighted by atomic mass is 16.5. The van der Waals surface area contributed by atoms with E-state index in [1.165, 1.54) is 12.4 Å². The number of hydrogen-bond acceptors (Lipinski definition) is 6. The summed E-state index contributed by atoms with van der Waals surface area (Å²) in [5.74, 6) is 0.660. The highest BCUT2D eigenvalue weighted by Crippen LogP contribution is 2.18. The zero-order chi connectivity index (χ0) is 18.4. The molecule has 0 saturated carbocycles. The monoisotopic (exact) mass is 345 g/mol. The third kappa shape index (κ3) is 4.13. The van der Waals surface area contributed by atoms with Crippen LogP contribution >= 0.6 is 0 Å². The van der Waals surface area contributed by atoms with Crippen LogP contribution in [0.15, 0.2) is 60.9 Å². The van der Waals surface area contributed by atoms with Crippen LogP contribution in [-0.4, -0.2) is 23.0 Å². The number of nitrogens with zero attached hydrogens (tertiary/aromatic N) is 3. The molecule has 26 heavy (non-hydrogen) atoms. The Kier molecular flexibility index (Phi) is 5.05. The summed E-state index contributed by atoms with van der Waals surface area (Å²) in [4.78, 5) is 20.5. The van der Waals surface area contributed by atoms with Crippen LogP contribution in [0, 0.1) is 11.3 Å². The van der Waals surface area contributed by atoms with E-state index >= 15 is 0 Å². The number of nitriles is 1. The third-order valence-electron chi connectivity index (χ3n) is 3.49. The molecule has 0 spiro atoms. The van der Waals surface area contributed by atoms with E-state index in [2.05, 4.69) is 26.7 Å². The van der Waals surface area contributed by atoms with Gasteiger partial charge in [-0.05, 0) is 30.3 Å². The van der Waals surface area contributed by atoms with Crippen LogP contribution in [0.2, 0.25) is 0 Å². The Bertz CT molecular complexity index is 964. The molecule has 0 aliphatic rings. The Morgan fingerprint density at radius 3 is 2.54 bits per heavy atom. The van der Waals surface area contributed by atoms with Gasteiger partial charge in [-0.25, -0.2) is 9.97 Å². The first kappa shape index (κ1) is 16.9. The zero-order valence-corrected chi connectivity index (χ0v) is 13.9. The maximum Gasteiger partial charge on any atom is 0.258 e. The normalized spacial score (nSPS) is 9.85. The van der Waals surface area contributed by atoms with Crippen LogP contribution in [0.1, 0.15) is 15.9 Å². The summed E-state index contributed by atoms with van der Waals surface area (Å²) in [7, 11) is 1.56. The average molecular weight is 345 g/mol. The first-order valence-corrected chi connectivity index (χ1v) is 7.72. The topological polar surface area (TPSA) is 99.9 Å². The number of ether oxygens (including phenoxy) is 1.